The summed E-state index contributed by atoms with van der Waals surface area (Å²) < 4.78 is 1.98. The fraction of sp³-hybridized carbons (Fsp3) is 0.261. The van der Waals surface area contributed by atoms with E-state index in [0.29, 0.717) is 0 Å². The molecule has 2 heterocycles. The van der Waals surface area contributed by atoms with Crippen molar-refractivity contribution in [3.8, 4) is 16.9 Å². The van der Waals surface area contributed by atoms with Gasteiger partial charge in [-0.25, -0.2) is 14.3 Å². The Labute approximate surface area is 191 Å². The van der Waals surface area contributed by atoms with Gasteiger partial charge in [0, 0.05) is 55.1 Å². The van der Waals surface area contributed by atoms with Gasteiger partial charge in [-0.1, -0.05) is 41.9 Å². The molecule has 32 heavy (non-hydrogen) atoms. The summed E-state index contributed by atoms with van der Waals surface area (Å²) >= 11 is 6.07. The lowest BCUT2D eigenvalue weighted by Crippen LogP contribution is -2.43. The molecule has 1 aliphatic heterocycles. The summed E-state index contributed by atoms with van der Waals surface area (Å²) in [6.07, 6.45) is 2.16. The van der Waals surface area contributed by atoms with Crippen molar-refractivity contribution in [3.63, 3.8) is 0 Å². The Balaban J connectivity index is 0.000000427. The summed E-state index contributed by atoms with van der Waals surface area (Å²) in [7, 11) is 2.18. The highest BCUT2D eigenvalue weighted by atomic mass is 35.5. The van der Waals surface area contributed by atoms with Crippen LogP contribution in [-0.2, 0) is 16.1 Å². The van der Waals surface area contributed by atoms with Crippen molar-refractivity contribution in [3.05, 3.63) is 71.4 Å². The molecule has 2 N–H and O–H groups in total. The number of hydrogen-bond acceptors (Lipinski definition) is 5. The van der Waals surface area contributed by atoms with E-state index in [1.54, 1.807) is 0 Å². The number of halogens is 1. The van der Waals surface area contributed by atoms with E-state index in [-0.39, 0.29) is 0 Å². The standard InChI is InChI=1S/C21H23ClN4.C2H2O4/c1-24-11-13-25(14-12-24)15-18-16-26(20-5-3-2-4-6-20)23-21(18)17-7-9-19(22)10-8-17;3-1(4)2(5)6/h2-10,16H,11-15H2,1H3;(H,3,4)(H,5,6). The van der Waals surface area contributed by atoms with Crippen molar-refractivity contribution < 1.29 is 19.8 Å². The third-order valence-electron chi connectivity index (χ3n) is 5.10. The molecule has 1 fully saturated rings. The Kier molecular flexibility index (Phi) is 7.99. The third kappa shape index (κ3) is 6.40. The molecule has 3 aromatic rings. The van der Waals surface area contributed by atoms with E-state index >= 15 is 0 Å². The van der Waals surface area contributed by atoms with Gasteiger partial charge in [0.25, 0.3) is 0 Å². The van der Waals surface area contributed by atoms with Crippen LogP contribution in [0.3, 0.4) is 0 Å². The van der Waals surface area contributed by atoms with E-state index in [1.807, 2.05) is 47.1 Å². The lowest BCUT2D eigenvalue weighted by atomic mass is 10.1. The van der Waals surface area contributed by atoms with Crippen LogP contribution in [0.25, 0.3) is 16.9 Å². The monoisotopic (exact) mass is 456 g/mol. The minimum Gasteiger partial charge on any atom is -0.473 e. The number of carbonyl (C=O) groups is 2. The van der Waals surface area contributed by atoms with Crippen molar-refractivity contribution in [2.24, 2.45) is 0 Å². The topological polar surface area (TPSA) is 98.9 Å². The summed E-state index contributed by atoms with van der Waals surface area (Å²) in [5.74, 6) is -3.65. The third-order valence-corrected chi connectivity index (χ3v) is 5.35. The molecular formula is C23H25ClN4O4. The number of para-hydroxylation sites is 1. The lowest BCUT2D eigenvalue weighted by Gasteiger charge is -2.32. The van der Waals surface area contributed by atoms with E-state index in [1.165, 1.54) is 5.56 Å². The summed E-state index contributed by atoms with van der Waals surface area (Å²) in [6, 6.07) is 18.2. The first-order chi connectivity index (χ1) is 15.3. The van der Waals surface area contributed by atoms with Gasteiger partial charge in [0.15, 0.2) is 0 Å². The predicted octanol–water partition coefficient (Wildman–Crippen LogP) is 3.10. The average molecular weight is 457 g/mol. The fourth-order valence-electron chi connectivity index (χ4n) is 3.34. The number of benzene rings is 2. The van der Waals surface area contributed by atoms with Gasteiger partial charge in [-0.05, 0) is 31.3 Å². The number of nitrogens with zero attached hydrogens (tertiary/aromatic N) is 4. The summed E-state index contributed by atoms with van der Waals surface area (Å²) in [6.45, 7) is 5.32. The van der Waals surface area contributed by atoms with E-state index in [9.17, 15) is 0 Å². The molecule has 0 saturated carbocycles. The molecule has 1 aliphatic rings. The molecule has 0 bridgehead atoms. The van der Waals surface area contributed by atoms with Crippen LogP contribution in [0.5, 0.6) is 0 Å². The van der Waals surface area contributed by atoms with Gasteiger partial charge >= 0.3 is 11.9 Å². The summed E-state index contributed by atoms with van der Waals surface area (Å²) in [4.78, 5) is 23.1. The van der Waals surface area contributed by atoms with E-state index in [4.69, 9.17) is 36.5 Å². The molecule has 0 aliphatic carbocycles. The number of hydrogen-bond donors (Lipinski definition) is 2. The Morgan fingerprint density at radius 2 is 1.53 bits per heavy atom. The Morgan fingerprint density at radius 1 is 0.938 bits per heavy atom. The molecule has 1 aromatic heterocycles. The minimum atomic E-state index is -1.82. The van der Waals surface area contributed by atoms with Gasteiger partial charge in [0.05, 0.1) is 11.4 Å². The highest BCUT2D eigenvalue weighted by Gasteiger charge is 2.18. The van der Waals surface area contributed by atoms with Crippen molar-refractivity contribution in [2.75, 3.05) is 33.2 Å². The largest absolute Gasteiger partial charge is 0.473 e. The van der Waals surface area contributed by atoms with Gasteiger partial charge < -0.3 is 15.1 Å². The van der Waals surface area contributed by atoms with Crippen LogP contribution in [0.4, 0.5) is 0 Å². The fourth-order valence-corrected chi connectivity index (χ4v) is 3.46. The van der Waals surface area contributed by atoms with Gasteiger partial charge in [-0.15, -0.1) is 0 Å². The summed E-state index contributed by atoms with van der Waals surface area (Å²) in [5.41, 5.74) is 4.46. The van der Waals surface area contributed by atoms with E-state index in [2.05, 4.69) is 35.2 Å². The van der Waals surface area contributed by atoms with Crippen LogP contribution < -0.4 is 0 Å². The molecule has 1 saturated heterocycles. The normalized spacial score (nSPS) is 14.4. The second kappa shape index (κ2) is 10.9. The van der Waals surface area contributed by atoms with Crippen molar-refractivity contribution in [1.29, 1.82) is 0 Å². The Morgan fingerprint density at radius 3 is 2.09 bits per heavy atom. The smallest absolute Gasteiger partial charge is 0.414 e. The van der Waals surface area contributed by atoms with Gasteiger partial charge in [-0.3, -0.25) is 4.90 Å². The molecule has 0 amide bonds. The Hall–Kier alpha value is -3.20. The molecule has 4 rings (SSSR count). The SMILES string of the molecule is CN1CCN(Cc2cn(-c3ccccc3)nc2-c2ccc(Cl)cc2)CC1.O=C(O)C(=O)O. The highest BCUT2D eigenvalue weighted by Crippen LogP contribution is 2.26. The zero-order valence-electron chi connectivity index (χ0n) is 17.7. The molecule has 0 atom stereocenters. The van der Waals surface area contributed by atoms with Gasteiger partial charge in [0.2, 0.25) is 0 Å². The van der Waals surface area contributed by atoms with Crippen LogP contribution in [0, 0.1) is 0 Å². The zero-order valence-corrected chi connectivity index (χ0v) is 18.4. The minimum absolute atomic E-state index is 0.747. The number of carboxylic acids is 2. The molecule has 0 unspecified atom stereocenters. The highest BCUT2D eigenvalue weighted by molar-refractivity contribution is 6.30. The van der Waals surface area contributed by atoms with Crippen molar-refractivity contribution in [1.82, 2.24) is 19.6 Å². The molecular weight excluding hydrogens is 432 g/mol. The van der Waals surface area contributed by atoms with Crippen LogP contribution in [0.15, 0.2) is 60.8 Å². The van der Waals surface area contributed by atoms with Crippen LogP contribution in [0.1, 0.15) is 5.56 Å². The lowest BCUT2D eigenvalue weighted by molar-refractivity contribution is -0.159. The van der Waals surface area contributed by atoms with Gasteiger partial charge in [-0.2, -0.15) is 5.10 Å². The molecule has 2 aromatic carbocycles. The van der Waals surface area contributed by atoms with Crippen molar-refractivity contribution >= 4 is 23.5 Å². The molecule has 168 valence electrons. The first kappa shape index (κ1) is 23.5. The Bertz CT molecular complexity index is 1030. The predicted molar refractivity (Wildman–Crippen MR) is 122 cm³/mol. The van der Waals surface area contributed by atoms with Crippen LogP contribution in [-0.4, -0.2) is 75.0 Å². The second-order valence-electron chi connectivity index (χ2n) is 7.48. The molecule has 0 radical (unpaired) electrons. The van der Waals surface area contributed by atoms with Crippen molar-refractivity contribution in [2.45, 2.75) is 6.54 Å². The van der Waals surface area contributed by atoms with Gasteiger partial charge in [0.1, 0.15) is 0 Å². The summed E-state index contributed by atoms with van der Waals surface area (Å²) in [5, 5.41) is 20.4. The molecule has 9 heteroatoms. The molecule has 0 spiro atoms. The molecule has 8 nitrogen and oxygen atoms in total. The maximum absolute atomic E-state index is 9.10. The quantitative estimate of drug-likeness (QED) is 0.582. The number of rotatable bonds is 4. The van der Waals surface area contributed by atoms with Crippen LogP contribution >= 0.6 is 11.6 Å². The number of aromatic nitrogens is 2. The van der Waals surface area contributed by atoms with E-state index < -0.39 is 11.9 Å². The maximum Gasteiger partial charge on any atom is 0.414 e. The first-order valence-electron chi connectivity index (χ1n) is 10.1. The number of aliphatic carboxylic acids is 2. The number of piperazine rings is 1. The van der Waals surface area contributed by atoms with E-state index in [0.717, 1.165) is 54.7 Å². The second-order valence-corrected chi connectivity index (χ2v) is 7.92. The number of likely N-dealkylation sites (N-methyl/N-ethyl adjacent to an activating group) is 1. The maximum atomic E-state index is 9.10. The zero-order chi connectivity index (χ0) is 23.1. The number of carboxylic acid groups (broad SMARTS) is 2. The average Bonchev–Trinajstić information content (AvgIpc) is 3.20. The van der Waals surface area contributed by atoms with Crippen LogP contribution in [0.2, 0.25) is 5.02 Å². The first-order valence-corrected chi connectivity index (χ1v) is 10.5.